The van der Waals surface area contributed by atoms with Gasteiger partial charge in [-0.2, -0.15) is 0 Å². The summed E-state index contributed by atoms with van der Waals surface area (Å²) in [7, 11) is 0. The minimum absolute atomic E-state index is 0.0987. The number of carboxylic acid groups (broad SMARTS) is 1. The molecule has 0 aromatic rings. The number of hydrogen-bond acceptors (Lipinski definition) is 3. The van der Waals surface area contributed by atoms with Crippen LogP contribution in [0.15, 0.2) is 0 Å². The molecule has 0 atom stereocenters. The Labute approximate surface area is 88.8 Å². The van der Waals surface area contributed by atoms with Crippen molar-refractivity contribution in [2.24, 2.45) is 0 Å². The number of rotatable bonds is 4. The molecule has 0 heterocycles. The van der Waals surface area contributed by atoms with Gasteiger partial charge in [-0.25, -0.2) is 4.79 Å². The SMILES string of the molecule is CC(C)(C)OCC(=O)NC1(C(=O)O)CC1. The zero-order valence-electron chi connectivity index (χ0n) is 9.29. The zero-order chi connectivity index (χ0) is 11.7. The molecule has 5 heteroatoms. The molecule has 0 saturated heterocycles. The average Bonchev–Trinajstić information content (AvgIpc) is 2.81. The Balaban J connectivity index is 2.34. The molecular formula is C10H17NO4. The van der Waals surface area contributed by atoms with Crippen molar-refractivity contribution in [3.63, 3.8) is 0 Å². The highest BCUT2D eigenvalue weighted by Crippen LogP contribution is 2.35. The second-order valence-electron chi connectivity index (χ2n) is 4.84. The van der Waals surface area contributed by atoms with Gasteiger partial charge in [-0.1, -0.05) is 0 Å². The Morgan fingerprint density at radius 3 is 2.27 bits per heavy atom. The second kappa shape index (κ2) is 3.81. The minimum atomic E-state index is -1.02. The predicted octanol–water partition coefficient (Wildman–Crippen LogP) is 0.535. The fraction of sp³-hybridized carbons (Fsp3) is 0.800. The van der Waals surface area contributed by atoms with Crippen LogP contribution in [0.1, 0.15) is 33.6 Å². The van der Waals surface area contributed by atoms with Crippen molar-refractivity contribution >= 4 is 11.9 Å². The molecule has 0 unspecified atom stereocenters. The fourth-order valence-corrected chi connectivity index (χ4v) is 1.10. The number of carbonyl (C=O) groups excluding carboxylic acids is 1. The van der Waals surface area contributed by atoms with Crippen molar-refractivity contribution in [3.05, 3.63) is 0 Å². The van der Waals surface area contributed by atoms with Gasteiger partial charge in [0.25, 0.3) is 0 Å². The number of nitrogens with one attached hydrogen (secondary N) is 1. The first-order valence-corrected chi connectivity index (χ1v) is 4.94. The van der Waals surface area contributed by atoms with Crippen molar-refractivity contribution < 1.29 is 19.4 Å². The van der Waals surface area contributed by atoms with E-state index in [1.807, 2.05) is 20.8 Å². The van der Waals surface area contributed by atoms with Gasteiger partial charge in [0.2, 0.25) is 5.91 Å². The number of carbonyl (C=O) groups is 2. The molecule has 0 spiro atoms. The van der Waals surface area contributed by atoms with Gasteiger partial charge in [0.05, 0.1) is 5.60 Å². The maximum Gasteiger partial charge on any atom is 0.329 e. The van der Waals surface area contributed by atoms with Gasteiger partial charge in [-0.05, 0) is 33.6 Å². The van der Waals surface area contributed by atoms with Gasteiger partial charge in [0, 0.05) is 0 Å². The van der Waals surface area contributed by atoms with Crippen LogP contribution in [0.25, 0.3) is 0 Å². The minimum Gasteiger partial charge on any atom is -0.480 e. The smallest absolute Gasteiger partial charge is 0.329 e. The summed E-state index contributed by atoms with van der Waals surface area (Å²) in [6.45, 7) is 5.41. The van der Waals surface area contributed by atoms with Crippen LogP contribution in [0.3, 0.4) is 0 Å². The van der Waals surface area contributed by atoms with Crippen LogP contribution < -0.4 is 5.32 Å². The quantitative estimate of drug-likeness (QED) is 0.717. The Kier molecular flexibility index (Phi) is 3.04. The molecule has 1 saturated carbocycles. The van der Waals surface area contributed by atoms with Crippen molar-refractivity contribution in [2.75, 3.05) is 6.61 Å². The third kappa shape index (κ3) is 3.51. The fourth-order valence-electron chi connectivity index (χ4n) is 1.10. The molecule has 1 rings (SSSR count). The molecule has 0 aromatic heterocycles. The Morgan fingerprint density at radius 2 is 1.93 bits per heavy atom. The van der Waals surface area contributed by atoms with Crippen LogP contribution in [0.5, 0.6) is 0 Å². The van der Waals surface area contributed by atoms with Crippen molar-refractivity contribution in [1.29, 1.82) is 0 Å². The molecule has 5 nitrogen and oxygen atoms in total. The molecule has 2 N–H and O–H groups in total. The zero-order valence-corrected chi connectivity index (χ0v) is 9.29. The molecular weight excluding hydrogens is 198 g/mol. The van der Waals surface area contributed by atoms with Crippen LogP contribution in [-0.4, -0.2) is 34.7 Å². The highest BCUT2D eigenvalue weighted by atomic mass is 16.5. The Bertz CT molecular complexity index is 276. The van der Waals surface area contributed by atoms with Gasteiger partial charge in [-0.3, -0.25) is 4.79 Å². The summed E-state index contributed by atoms with van der Waals surface area (Å²) < 4.78 is 5.24. The summed E-state index contributed by atoms with van der Waals surface area (Å²) in [5, 5.41) is 11.3. The van der Waals surface area contributed by atoms with Gasteiger partial charge in [0.1, 0.15) is 12.1 Å². The lowest BCUT2D eigenvalue weighted by molar-refractivity contribution is -0.144. The van der Waals surface area contributed by atoms with E-state index in [1.165, 1.54) is 0 Å². The van der Waals surface area contributed by atoms with E-state index in [-0.39, 0.29) is 12.5 Å². The highest BCUT2D eigenvalue weighted by Gasteiger charge is 2.51. The standard InChI is InChI=1S/C10H17NO4/c1-9(2,3)15-6-7(12)11-10(4-5-10)8(13)14/h4-6H2,1-3H3,(H,11,12)(H,13,14). The van der Waals surface area contributed by atoms with Crippen LogP contribution >= 0.6 is 0 Å². The average molecular weight is 215 g/mol. The molecule has 0 aromatic carbocycles. The number of hydrogen-bond donors (Lipinski definition) is 2. The topological polar surface area (TPSA) is 75.6 Å². The summed E-state index contributed by atoms with van der Waals surface area (Å²) in [4.78, 5) is 22.1. The van der Waals surface area contributed by atoms with Gasteiger partial charge >= 0.3 is 5.97 Å². The molecule has 1 fully saturated rings. The maximum atomic E-state index is 11.4. The highest BCUT2D eigenvalue weighted by molar-refractivity contribution is 5.89. The first kappa shape index (κ1) is 12.0. The van der Waals surface area contributed by atoms with E-state index in [4.69, 9.17) is 9.84 Å². The van der Waals surface area contributed by atoms with Gasteiger partial charge in [-0.15, -0.1) is 0 Å². The molecule has 0 aliphatic heterocycles. The summed E-state index contributed by atoms with van der Waals surface area (Å²) in [6.07, 6.45) is 1.01. The van der Waals surface area contributed by atoms with E-state index in [0.717, 1.165) is 0 Å². The largest absolute Gasteiger partial charge is 0.480 e. The molecule has 1 aliphatic carbocycles. The van der Waals surface area contributed by atoms with E-state index >= 15 is 0 Å². The van der Waals surface area contributed by atoms with E-state index < -0.39 is 17.1 Å². The molecule has 86 valence electrons. The molecule has 0 radical (unpaired) electrons. The lowest BCUT2D eigenvalue weighted by Gasteiger charge is -2.20. The first-order valence-electron chi connectivity index (χ1n) is 4.94. The van der Waals surface area contributed by atoms with Crippen LogP contribution in [0, 0.1) is 0 Å². The molecule has 15 heavy (non-hydrogen) atoms. The van der Waals surface area contributed by atoms with Crippen molar-refractivity contribution in [3.8, 4) is 0 Å². The predicted molar refractivity (Wildman–Crippen MR) is 53.4 cm³/mol. The lowest BCUT2D eigenvalue weighted by atomic mass is 10.2. The second-order valence-corrected chi connectivity index (χ2v) is 4.84. The molecule has 0 bridgehead atoms. The monoisotopic (exact) mass is 215 g/mol. The number of aliphatic carboxylic acids is 1. The third-order valence-electron chi connectivity index (χ3n) is 2.17. The Hall–Kier alpha value is -1.10. The van der Waals surface area contributed by atoms with Crippen molar-refractivity contribution in [2.45, 2.75) is 44.8 Å². The summed E-state index contributed by atoms with van der Waals surface area (Å²) in [5.41, 5.74) is -1.41. The Morgan fingerprint density at radius 1 is 1.40 bits per heavy atom. The number of amides is 1. The first-order chi connectivity index (χ1) is 6.75. The summed E-state index contributed by atoms with van der Waals surface area (Å²) in [6, 6.07) is 0. The van der Waals surface area contributed by atoms with Crippen LogP contribution in [0.4, 0.5) is 0 Å². The van der Waals surface area contributed by atoms with E-state index in [9.17, 15) is 9.59 Å². The normalized spacial score (nSPS) is 18.3. The van der Waals surface area contributed by atoms with E-state index in [2.05, 4.69) is 5.32 Å². The van der Waals surface area contributed by atoms with E-state index in [1.54, 1.807) is 0 Å². The lowest BCUT2D eigenvalue weighted by Crippen LogP contribution is -2.45. The third-order valence-corrected chi connectivity index (χ3v) is 2.17. The summed E-state index contributed by atoms with van der Waals surface area (Å²) in [5.74, 6) is -1.34. The van der Waals surface area contributed by atoms with E-state index in [0.29, 0.717) is 12.8 Å². The van der Waals surface area contributed by atoms with Crippen LogP contribution in [-0.2, 0) is 14.3 Å². The molecule has 1 amide bonds. The van der Waals surface area contributed by atoms with Gasteiger partial charge < -0.3 is 15.2 Å². The molecule has 1 aliphatic rings. The number of ether oxygens (including phenoxy) is 1. The summed E-state index contributed by atoms with van der Waals surface area (Å²) >= 11 is 0. The van der Waals surface area contributed by atoms with Crippen molar-refractivity contribution in [1.82, 2.24) is 5.32 Å². The number of carboxylic acids is 1. The van der Waals surface area contributed by atoms with Gasteiger partial charge in [0.15, 0.2) is 0 Å². The van der Waals surface area contributed by atoms with Crippen LogP contribution in [0.2, 0.25) is 0 Å². The maximum absolute atomic E-state index is 11.4.